The maximum atomic E-state index is 12.9. The summed E-state index contributed by atoms with van der Waals surface area (Å²) in [6.07, 6.45) is 2.64. The summed E-state index contributed by atoms with van der Waals surface area (Å²) in [5.74, 6) is 0.291. The Morgan fingerprint density at radius 3 is 2.63 bits per heavy atom. The summed E-state index contributed by atoms with van der Waals surface area (Å²) in [5, 5.41) is 3.13. The summed E-state index contributed by atoms with van der Waals surface area (Å²) in [6.45, 7) is 3.08. The van der Waals surface area contributed by atoms with Gasteiger partial charge in [0.15, 0.2) is 0 Å². The van der Waals surface area contributed by atoms with Crippen LogP contribution in [0.1, 0.15) is 30.9 Å². The van der Waals surface area contributed by atoms with Crippen molar-refractivity contribution in [1.82, 2.24) is 10.2 Å². The average Bonchev–Trinajstić information content (AvgIpc) is 3.45. The molecule has 0 radical (unpaired) electrons. The van der Waals surface area contributed by atoms with Crippen molar-refractivity contribution in [2.45, 2.75) is 25.3 Å². The number of methoxy groups -OCH3 is 1. The molecule has 6 nitrogen and oxygen atoms in total. The van der Waals surface area contributed by atoms with Crippen LogP contribution in [0.3, 0.4) is 0 Å². The first kappa shape index (κ1) is 20.4. The molecule has 0 bridgehead atoms. The quantitative estimate of drug-likeness (QED) is 0.767. The number of ether oxygens (including phenoxy) is 1. The van der Waals surface area contributed by atoms with Crippen LogP contribution in [-0.2, 0) is 9.59 Å². The summed E-state index contributed by atoms with van der Waals surface area (Å²) in [6, 6.07) is 17.9. The maximum absolute atomic E-state index is 12.9. The number of nitrogens with one attached hydrogen (secondary N) is 1. The van der Waals surface area contributed by atoms with Crippen LogP contribution in [0.15, 0.2) is 54.6 Å². The van der Waals surface area contributed by atoms with E-state index >= 15 is 0 Å². The first-order valence-corrected chi connectivity index (χ1v) is 10.7. The number of benzene rings is 2. The molecule has 0 spiro atoms. The Hall–Kier alpha value is -2.86. The Labute approximate surface area is 177 Å². The molecule has 2 unspecified atom stereocenters. The number of carbonyl (C=O) groups excluding carboxylic acids is 2. The van der Waals surface area contributed by atoms with Crippen molar-refractivity contribution in [3.63, 3.8) is 0 Å². The fourth-order valence-corrected chi connectivity index (χ4v) is 4.44. The van der Waals surface area contributed by atoms with E-state index in [1.807, 2.05) is 42.5 Å². The Morgan fingerprint density at radius 2 is 1.90 bits per heavy atom. The van der Waals surface area contributed by atoms with Crippen LogP contribution >= 0.6 is 0 Å². The van der Waals surface area contributed by atoms with Crippen molar-refractivity contribution in [3.8, 4) is 5.75 Å². The molecule has 2 heterocycles. The lowest BCUT2D eigenvalue weighted by atomic mass is 10.0. The minimum Gasteiger partial charge on any atom is -0.497 e. The van der Waals surface area contributed by atoms with E-state index in [0.717, 1.165) is 18.8 Å². The van der Waals surface area contributed by atoms with Crippen molar-refractivity contribution in [2.24, 2.45) is 5.92 Å². The van der Waals surface area contributed by atoms with Crippen molar-refractivity contribution in [3.05, 3.63) is 60.2 Å². The highest BCUT2D eigenvalue weighted by atomic mass is 16.5. The lowest BCUT2D eigenvalue weighted by molar-refractivity contribution is -0.126. The van der Waals surface area contributed by atoms with Gasteiger partial charge in [-0.15, -0.1) is 0 Å². The molecule has 6 heteroatoms. The molecule has 2 aromatic carbocycles. The second kappa shape index (κ2) is 9.30. The Balaban J connectivity index is 1.40. The SMILES string of the molecule is COc1cccc(N2CC(C(=O)NCC(c3ccccc3)N3CCCC3)CC2=O)c1. The summed E-state index contributed by atoms with van der Waals surface area (Å²) in [4.78, 5) is 29.6. The van der Waals surface area contributed by atoms with Gasteiger partial charge < -0.3 is 15.0 Å². The average molecular weight is 408 g/mol. The van der Waals surface area contributed by atoms with Crippen LogP contribution in [0, 0.1) is 5.92 Å². The predicted octanol–water partition coefficient (Wildman–Crippen LogP) is 3.00. The van der Waals surface area contributed by atoms with E-state index in [0.29, 0.717) is 18.8 Å². The lowest BCUT2D eigenvalue weighted by Gasteiger charge is -2.28. The molecule has 0 aliphatic carbocycles. The van der Waals surface area contributed by atoms with E-state index in [4.69, 9.17) is 4.74 Å². The molecule has 0 aromatic heterocycles. The molecule has 2 aromatic rings. The lowest BCUT2D eigenvalue weighted by Crippen LogP contribution is -2.40. The second-order valence-corrected chi connectivity index (χ2v) is 8.02. The predicted molar refractivity (Wildman–Crippen MR) is 116 cm³/mol. The van der Waals surface area contributed by atoms with E-state index in [-0.39, 0.29) is 30.2 Å². The molecule has 2 saturated heterocycles. The number of anilines is 1. The molecular weight excluding hydrogens is 378 g/mol. The number of hydrogen-bond acceptors (Lipinski definition) is 4. The molecule has 4 rings (SSSR count). The van der Waals surface area contributed by atoms with Crippen LogP contribution in [0.4, 0.5) is 5.69 Å². The molecule has 2 aliphatic rings. The first-order chi connectivity index (χ1) is 14.7. The van der Waals surface area contributed by atoms with Crippen LogP contribution in [-0.4, -0.2) is 50.0 Å². The zero-order valence-electron chi connectivity index (χ0n) is 17.4. The number of hydrogen-bond donors (Lipinski definition) is 1. The maximum Gasteiger partial charge on any atom is 0.227 e. The molecule has 2 fully saturated rings. The number of carbonyl (C=O) groups is 2. The first-order valence-electron chi connectivity index (χ1n) is 10.7. The van der Waals surface area contributed by atoms with E-state index in [9.17, 15) is 9.59 Å². The standard InChI is InChI=1S/C24H29N3O3/c1-30-21-11-7-10-20(15-21)27-17-19(14-23(27)28)24(29)25-16-22(26-12-5-6-13-26)18-8-3-2-4-9-18/h2-4,7-11,15,19,22H,5-6,12-14,16-17H2,1H3,(H,25,29). The third kappa shape index (κ3) is 4.49. The van der Waals surface area contributed by atoms with Gasteiger partial charge in [0.2, 0.25) is 11.8 Å². The molecule has 1 N–H and O–H groups in total. The van der Waals surface area contributed by atoms with Crippen LogP contribution < -0.4 is 15.0 Å². The zero-order chi connectivity index (χ0) is 20.9. The summed E-state index contributed by atoms with van der Waals surface area (Å²) in [7, 11) is 1.60. The third-order valence-corrected chi connectivity index (χ3v) is 6.10. The van der Waals surface area contributed by atoms with Gasteiger partial charge >= 0.3 is 0 Å². The molecule has 2 amide bonds. The largest absolute Gasteiger partial charge is 0.497 e. The summed E-state index contributed by atoms with van der Waals surface area (Å²) < 4.78 is 5.26. The molecule has 0 saturated carbocycles. The van der Waals surface area contributed by atoms with Crippen molar-refractivity contribution in [2.75, 3.05) is 38.2 Å². The van der Waals surface area contributed by atoms with Gasteiger partial charge in [0, 0.05) is 31.3 Å². The van der Waals surface area contributed by atoms with E-state index in [1.165, 1.54) is 18.4 Å². The highest BCUT2D eigenvalue weighted by Gasteiger charge is 2.35. The monoisotopic (exact) mass is 407 g/mol. The molecule has 2 aliphatic heterocycles. The Morgan fingerprint density at radius 1 is 1.13 bits per heavy atom. The topological polar surface area (TPSA) is 61.9 Å². The Bertz CT molecular complexity index is 880. The van der Waals surface area contributed by atoms with Crippen molar-refractivity contribution >= 4 is 17.5 Å². The van der Waals surface area contributed by atoms with Gasteiger partial charge in [-0.3, -0.25) is 14.5 Å². The highest BCUT2D eigenvalue weighted by Crippen LogP contribution is 2.29. The number of amides is 2. The number of nitrogens with zero attached hydrogens (tertiary/aromatic N) is 2. The van der Waals surface area contributed by atoms with E-state index in [1.54, 1.807) is 12.0 Å². The fourth-order valence-electron chi connectivity index (χ4n) is 4.44. The fraction of sp³-hybridized carbons (Fsp3) is 0.417. The normalized spacial score (nSPS) is 20.4. The van der Waals surface area contributed by atoms with Gasteiger partial charge in [0.25, 0.3) is 0 Å². The summed E-state index contributed by atoms with van der Waals surface area (Å²) >= 11 is 0. The molecule has 2 atom stereocenters. The minimum atomic E-state index is -0.335. The van der Waals surface area contributed by atoms with E-state index < -0.39 is 0 Å². The Kier molecular flexibility index (Phi) is 6.33. The van der Waals surface area contributed by atoms with Crippen molar-refractivity contribution < 1.29 is 14.3 Å². The summed E-state index contributed by atoms with van der Waals surface area (Å²) in [5.41, 5.74) is 1.99. The second-order valence-electron chi connectivity index (χ2n) is 8.02. The smallest absolute Gasteiger partial charge is 0.227 e. The van der Waals surface area contributed by atoms with Crippen LogP contribution in [0.2, 0.25) is 0 Å². The molecule has 30 heavy (non-hydrogen) atoms. The number of likely N-dealkylation sites (tertiary alicyclic amines) is 1. The van der Waals surface area contributed by atoms with Gasteiger partial charge in [-0.2, -0.15) is 0 Å². The third-order valence-electron chi connectivity index (χ3n) is 6.10. The van der Waals surface area contributed by atoms with Gasteiger partial charge in [0.05, 0.1) is 19.1 Å². The zero-order valence-corrected chi connectivity index (χ0v) is 17.4. The van der Waals surface area contributed by atoms with E-state index in [2.05, 4.69) is 22.3 Å². The molecular formula is C24H29N3O3. The van der Waals surface area contributed by atoms with Gasteiger partial charge in [0.1, 0.15) is 5.75 Å². The van der Waals surface area contributed by atoms with Gasteiger partial charge in [-0.1, -0.05) is 36.4 Å². The van der Waals surface area contributed by atoms with Gasteiger partial charge in [-0.05, 0) is 43.6 Å². The van der Waals surface area contributed by atoms with Crippen LogP contribution in [0.25, 0.3) is 0 Å². The number of rotatable bonds is 7. The van der Waals surface area contributed by atoms with Gasteiger partial charge in [-0.25, -0.2) is 0 Å². The van der Waals surface area contributed by atoms with Crippen molar-refractivity contribution in [1.29, 1.82) is 0 Å². The highest BCUT2D eigenvalue weighted by molar-refractivity contribution is 6.00. The van der Waals surface area contributed by atoms with Crippen LogP contribution in [0.5, 0.6) is 5.75 Å². The molecule has 158 valence electrons. The minimum absolute atomic E-state index is 0.0254.